The molecule has 3 fully saturated rings. The van der Waals surface area contributed by atoms with Gasteiger partial charge in [-0.15, -0.1) is 0 Å². The number of piperidine rings is 3. The first-order chi connectivity index (χ1) is 13.2. The molecule has 5 nitrogen and oxygen atoms in total. The Morgan fingerprint density at radius 3 is 2.74 bits per heavy atom. The normalized spacial score (nSPS) is 30.8. The van der Waals surface area contributed by atoms with Gasteiger partial charge in [0.05, 0.1) is 12.5 Å². The average Bonchev–Trinajstić information content (AvgIpc) is 3.13. The summed E-state index contributed by atoms with van der Waals surface area (Å²) in [5.41, 5.74) is 2.17. The maximum Gasteiger partial charge on any atom is 0.272 e. The highest BCUT2D eigenvalue weighted by molar-refractivity contribution is 5.92. The number of aromatic nitrogens is 2. The van der Waals surface area contributed by atoms with Crippen molar-refractivity contribution in [3.05, 3.63) is 54.1 Å². The van der Waals surface area contributed by atoms with E-state index < -0.39 is 0 Å². The van der Waals surface area contributed by atoms with Crippen LogP contribution < -0.4 is 0 Å². The molecule has 3 aliphatic heterocycles. The molecule has 2 bridgehead atoms. The summed E-state index contributed by atoms with van der Waals surface area (Å²) in [6.45, 7) is 2.89. The molecule has 1 aromatic heterocycles. The Morgan fingerprint density at radius 2 is 1.96 bits per heavy atom. The second-order valence-electron chi connectivity index (χ2n) is 8.58. The van der Waals surface area contributed by atoms with Crippen LogP contribution >= 0.6 is 0 Å². The predicted octanol–water partition coefficient (Wildman–Crippen LogP) is 3.11. The molecule has 0 radical (unpaired) electrons. The summed E-state index contributed by atoms with van der Waals surface area (Å²) in [6.07, 6.45) is 8.51. The zero-order valence-electron chi connectivity index (χ0n) is 16.0. The van der Waals surface area contributed by atoms with Crippen molar-refractivity contribution in [2.24, 2.45) is 18.9 Å². The first-order valence-corrected chi connectivity index (χ1v) is 10.3. The zero-order valence-corrected chi connectivity index (χ0v) is 16.0. The van der Waals surface area contributed by atoms with Gasteiger partial charge in [-0.05, 0) is 43.1 Å². The molecule has 5 heteroatoms. The minimum atomic E-state index is 0.147. The highest BCUT2D eigenvalue weighted by atomic mass is 16.2. The molecule has 1 aromatic carbocycles. The fourth-order valence-electron chi connectivity index (χ4n) is 5.73. The molecule has 0 spiro atoms. The lowest BCUT2D eigenvalue weighted by Crippen LogP contribution is -2.60. The van der Waals surface area contributed by atoms with E-state index in [1.165, 1.54) is 31.2 Å². The van der Waals surface area contributed by atoms with E-state index in [9.17, 15) is 4.79 Å². The fourth-order valence-corrected chi connectivity index (χ4v) is 5.73. The molecule has 1 amide bonds. The molecule has 4 atom stereocenters. The van der Waals surface area contributed by atoms with Gasteiger partial charge in [0, 0.05) is 38.8 Å². The SMILES string of the molecule is Cn1cncc1C(=O)N1C[C@@H]2C[C@H](C1)[C@@H]1CCC[C@H](c3ccccc3)N1C2. The Bertz CT molecular complexity index is 817. The van der Waals surface area contributed by atoms with Gasteiger partial charge >= 0.3 is 0 Å². The number of imidazole rings is 1. The largest absolute Gasteiger partial charge is 0.337 e. The summed E-state index contributed by atoms with van der Waals surface area (Å²) in [5, 5.41) is 0. The number of benzene rings is 1. The summed E-state index contributed by atoms with van der Waals surface area (Å²) in [7, 11) is 1.90. The topological polar surface area (TPSA) is 41.4 Å². The third kappa shape index (κ3) is 2.98. The lowest BCUT2D eigenvalue weighted by Gasteiger charge is -2.55. The van der Waals surface area contributed by atoms with Crippen molar-refractivity contribution >= 4 is 5.91 Å². The van der Waals surface area contributed by atoms with E-state index in [-0.39, 0.29) is 5.91 Å². The molecule has 5 rings (SSSR count). The first kappa shape index (κ1) is 17.0. The van der Waals surface area contributed by atoms with Crippen molar-refractivity contribution in [3.63, 3.8) is 0 Å². The van der Waals surface area contributed by atoms with Crippen molar-refractivity contribution in [1.82, 2.24) is 19.4 Å². The number of nitrogens with zero attached hydrogens (tertiary/aromatic N) is 4. The summed E-state index contributed by atoms with van der Waals surface area (Å²) in [4.78, 5) is 22.0. The Morgan fingerprint density at radius 1 is 1.11 bits per heavy atom. The second kappa shape index (κ2) is 6.79. The Kier molecular flexibility index (Phi) is 4.27. The average molecular weight is 364 g/mol. The third-order valence-electron chi connectivity index (χ3n) is 6.89. The minimum absolute atomic E-state index is 0.147. The van der Waals surface area contributed by atoms with Crippen LogP contribution in [0.3, 0.4) is 0 Å². The van der Waals surface area contributed by atoms with Crippen LogP contribution in [0, 0.1) is 11.8 Å². The lowest BCUT2D eigenvalue weighted by atomic mass is 9.74. The maximum absolute atomic E-state index is 13.0. The number of carbonyl (C=O) groups excluding carboxylic acids is 1. The van der Waals surface area contributed by atoms with E-state index in [2.05, 4.69) is 45.1 Å². The van der Waals surface area contributed by atoms with Crippen LogP contribution in [0.4, 0.5) is 0 Å². The summed E-state index contributed by atoms with van der Waals surface area (Å²) in [5.74, 6) is 1.33. The minimum Gasteiger partial charge on any atom is -0.337 e. The van der Waals surface area contributed by atoms with Crippen LogP contribution in [-0.2, 0) is 7.05 Å². The number of fused-ring (bicyclic) bond motifs is 4. The molecule has 0 saturated carbocycles. The number of hydrogen-bond donors (Lipinski definition) is 0. The molecule has 3 aliphatic rings. The van der Waals surface area contributed by atoms with E-state index in [1.807, 2.05) is 11.6 Å². The number of amides is 1. The molecule has 0 aliphatic carbocycles. The van der Waals surface area contributed by atoms with Crippen LogP contribution in [0.15, 0.2) is 42.9 Å². The monoisotopic (exact) mass is 364 g/mol. The van der Waals surface area contributed by atoms with Crippen LogP contribution in [0.1, 0.15) is 47.8 Å². The van der Waals surface area contributed by atoms with Gasteiger partial charge in [0.1, 0.15) is 5.69 Å². The summed E-state index contributed by atoms with van der Waals surface area (Å²) >= 11 is 0. The van der Waals surface area contributed by atoms with Crippen molar-refractivity contribution < 1.29 is 4.79 Å². The van der Waals surface area contributed by atoms with Gasteiger partial charge in [-0.3, -0.25) is 9.69 Å². The number of carbonyl (C=O) groups is 1. The van der Waals surface area contributed by atoms with Gasteiger partial charge in [0.25, 0.3) is 5.91 Å². The molecule has 0 unspecified atom stereocenters. The van der Waals surface area contributed by atoms with Crippen LogP contribution in [0.5, 0.6) is 0 Å². The van der Waals surface area contributed by atoms with Crippen LogP contribution in [0.2, 0.25) is 0 Å². The van der Waals surface area contributed by atoms with Gasteiger partial charge in [-0.1, -0.05) is 30.3 Å². The highest BCUT2D eigenvalue weighted by Crippen LogP contribution is 2.44. The Labute approximate surface area is 161 Å². The van der Waals surface area contributed by atoms with Gasteiger partial charge in [-0.25, -0.2) is 4.98 Å². The van der Waals surface area contributed by atoms with Gasteiger partial charge in [0.15, 0.2) is 0 Å². The molecule has 27 heavy (non-hydrogen) atoms. The highest BCUT2D eigenvalue weighted by Gasteiger charge is 2.45. The van der Waals surface area contributed by atoms with Crippen LogP contribution in [-0.4, -0.2) is 50.9 Å². The quantitative estimate of drug-likeness (QED) is 0.822. The molecular weight excluding hydrogens is 336 g/mol. The van der Waals surface area contributed by atoms with E-state index in [0.717, 1.165) is 19.6 Å². The lowest BCUT2D eigenvalue weighted by molar-refractivity contribution is -0.0513. The number of hydrogen-bond acceptors (Lipinski definition) is 3. The van der Waals surface area contributed by atoms with Gasteiger partial charge < -0.3 is 9.47 Å². The standard InChI is InChI=1S/C22H28N4O/c1-24-15-23-11-21(24)22(27)25-12-16-10-18(14-25)20-9-5-8-19(26(20)13-16)17-6-3-2-4-7-17/h2-4,6-7,11,15-16,18-20H,5,8-10,12-14H2,1H3/t16-,18+,19+,20-/m0/s1. The third-order valence-corrected chi connectivity index (χ3v) is 6.89. The summed E-state index contributed by atoms with van der Waals surface area (Å²) in [6, 6.07) is 12.2. The van der Waals surface area contributed by atoms with Crippen LogP contribution in [0.25, 0.3) is 0 Å². The number of aryl methyl sites for hydroxylation is 1. The van der Waals surface area contributed by atoms with Gasteiger partial charge in [0.2, 0.25) is 0 Å². The maximum atomic E-state index is 13.0. The number of rotatable bonds is 2. The van der Waals surface area contributed by atoms with Crippen molar-refractivity contribution in [3.8, 4) is 0 Å². The van der Waals surface area contributed by atoms with Crippen molar-refractivity contribution in [2.75, 3.05) is 19.6 Å². The Balaban J connectivity index is 1.37. The van der Waals surface area contributed by atoms with E-state index in [0.29, 0.717) is 29.6 Å². The Hall–Kier alpha value is -2.14. The summed E-state index contributed by atoms with van der Waals surface area (Å²) < 4.78 is 1.84. The van der Waals surface area contributed by atoms with E-state index in [1.54, 1.807) is 12.5 Å². The molecular formula is C22H28N4O. The van der Waals surface area contributed by atoms with E-state index >= 15 is 0 Å². The second-order valence-corrected chi connectivity index (χ2v) is 8.58. The molecule has 4 heterocycles. The molecule has 0 N–H and O–H groups in total. The molecule has 3 saturated heterocycles. The predicted molar refractivity (Wildman–Crippen MR) is 104 cm³/mol. The molecule has 142 valence electrons. The number of likely N-dealkylation sites (tertiary alicyclic amines) is 1. The fraction of sp³-hybridized carbons (Fsp3) is 0.545. The smallest absolute Gasteiger partial charge is 0.272 e. The van der Waals surface area contributed by atoms with Gasteiger partial charge in [-0.2, -0.15) is 0 Å². The van der Waals surface area contributed by atoms with E-state index in [4.69, 9.17) is 0 Å². The zero-order chi connectivity index (χ0) is 18.4. The molecule has 2 aromatic rings. The first-order valence-electron chi connectivity index (χ1n) is 10.3. The van der Waals surface area contributed by atoms with Crippen molar-refractivity contribution in [2.45, 2.75) is 37.8 Å². The van der Waals surface area contributed by atoms with Crippen molar-refractivity contribution in [1.29, 1.82) is 0 Å².